The van der Waals surface area contributed by atoms with Crippen LogP contribution in [-0.4, -0.2) is 54.2 Å². The molecule has 0 bridgehead atoms. The van der Waals surface area contributed by atoms with Crippen LogP contribution < -0.4 is 14.7 Å². The Hall–Kier alpha value is -2.60. The lowest BCUT2D eigenvalue weighted by molar-refractivity contribution is 0.567. The van der Waals surface area contributed by atoms with Gasteiger partial charge < -0.3 is 14.7 Å². The number of fused-ring (bicyclic) bond motifs is 1. The number of anilines is 3. The molecular formula is C22H25ClN6. The lowest BCUT2D eigenvalue weighted by Crippen LogP contribution is -2.47. The third-order valence-corrected chi connectivity index (χ3v) is 6.13. The highest BCUT2D eigenvalue weighted by atomic mass is 35.5. The number of hydrogen-bond acceptors (Lipinski definition) is 6. The molecule has 0 amide bonds. The zero-order valence-corrected chi connectivity index (χ0v) is 17.2. The average molecular weight is 409 g/mol. The number of piperidine rings is 1. The molecule has 29 heavy (non-hydrogen) atoms. The van der Waals surface area contributed by atoms with Gasteiger partial charge in [0.1, 0.15) is 5.82 Å². The molecule has 0 aliphatic carbocycles. The van der Waals surface area contributed by atoms with Crippen molar-refractivity contribution >= 4 is 40.0 Å². The van der Waals surface area contributed by atoms with Crippen molar-refractivity contribution in [3.05, 3.63) is 47.7 Å². The van der Waals surface area contributed by atoms with E-state index in [0.717, 1.165) is 67.0 Å². The van der Waals surface area contributed by atoms with Crippen LogP contribution in [0.25, 0.3) is 10.9 Å². The molecule has 3 aromatic rings. The molecule has 0 atom stereocenters. The molecule has 2 aliphatic rings. The Morgan fingerprint density at radius 2 is 1.48 bits per heavy atom. The maximum atomic E-state index is 6.14. The van der Waals surface area contributed by atoms with E-state index in [9.17, 15) is 0 Å². The Kier molecular flexibility index (Phi) is 5.10. The van der Waals surface area contributed by atoms with Gasteiger partial charge in [0, 0.05) is 67.8 Å². The Bertz CT molecular complexity index is 996. The topological polar surface area (TPSA) is 48.4 Å². The van der Waals surface area contributed by atoms with Crippen LogP contribution in [0, 0.1) is 0 Å². The Morgan fingerprint density at radius 1 is 0.724 bits per heavy atom. The van der Waals surface area contributed by atoms with Gasteiger partial charge in [-0.05, 0) is 49.6 Å². The lowest BCUT2D eigenvalue weighted by atomic mass is 10.1. The number of benzene rings is 1. The van der Waals surface area contributed by atoms with Crippen LogP contribution in [0.2, 0.25) is 5.02 Å². The molecule has 0 radical (unpaired) electrons. The average Bonchev–Trinajstić information content (AvgIpc) is 2.79. The van der Waals surface area contributed by atoms with Crippen molar-refractivity contribution < 1.29 is 0 Å². The molecule has 5 rings (SSSR count). The molecular weight excluding hydrogens is 384 g/mol. The van der Waals surface area contributed by atoms with E-state index in [1.54, 1.807) is 0 Å². The summed E-state index contributed by atoms with van der Waals surface area (Å²) in [5, 5.41) is 1.88. The van der Waals surface area contributed by atoms with Crippen LogP contribution in [0.15, 0.2) is 42.7 Å². The third kappa shape index (κ3) is 3.81. The van der Waals surface area contributed by atoms with E-state index in [0.29, 0.717) is 0 Å². The number of pyridine rings is 1. The molecule has 2 fully saturated rings. The van der Waals surface area contributed by atoms with Crippen molar-refractivity contribution in [2.75, 3.05) is 54.0 Å². The predicted molar refractivity (Wildman–Crippen MR) is 119 cm³/mol. The summed E-state index contributed by atoms with van der Waals surface area (Å²) in [6.07, 6.45) is 7.55. The fourth-order valence-corrected chi connectivity index (χ4v) is 4.49. The standard InChI is InChI=1S/C22H25ClN6/c23-17-4-5-18-19(16-17)24-8-6-20(18)27-12-14-28(15-13-27)21-7-9-25-22(26-21)29-10-2-1-3-11-29/h4-9,16H,1-3,10-15H2. The van der Waals surface area contributed by atoms with Gasteiger partial charge in [-0.3, -0.25) is 4.98 Å². The Balaban J connectivity index is 1.31. The highest BCUT2D eigenvalue weighted by Crippen LogP contribution is 2.29. The summed E-state index contributed by atoms with van der Waals surface area (Å²) in [6, 6.07) is 10.1. The molecule has 0 unspecified atom stereocenters. The summed E-state index contributed by atoms with van der Waals surface area (Å²) in [6.45, 7) is 5.91. The van der Waals surface area contributed by atoms with Crippen LogP contribution in [0.5, 0.6) is 0 Å². The summed E-state index contributed by atoms with van der Waals surface area (Å²) < 4.78 is 0. The van der Waals surface area contributed by atoms with E-state index in [4.69, 9.17) is 16.6 Å². The van der Waals surface area contributed by atoms with Crippen molar-refractivity contribution in [2.24, 2.45) is 0 Å². The number of nitrogens with zero attached hydrogens (tertiary/aromatic N) is 6. The zero-order chi connectivity index (χ0) is 19.6. The van der Waals surface area contributed by atoms with E-state index < -0.39 is 0 Å². The van der Waals surface area contributed by atoms with Crippen molar-refractivity contribution in [1.29, 1.82) is 0 Å². The minimum Gasteiger partial charge on any atom is -0.367 e. The summed E-state index contributed by atoms with van der Waals surface area (Å²) >= 11 is 6.14. The lowest BCUT2D eigenvalue weighted by Gasteiger charge is -2.37. The zero-order valence-electron chi connectivity index (χ0n) is 16.5. The van der Waals surface area contributed by atoms with E-state index in [-0.39, 0.29) is 0 Å². The van der Waals surface area contributed by atoms with Crippen LogP contribution >= 0.6 is 11.6 Å². The summed E-state index contributed by atoms with van der Waals surface area (Å²) in [7, 11) is 0. The van der Waals surface area contributed by atoms with Gasteiger partial charge in [0.2, 0.25) is 5.95 Å². The largest absolute Gasteiger partial charge is 0.367 e. The molecule has 0 saturated carbocycles. The summed E-state index contributed by atoms with van der Waals surface area (Å²) in [5.41, 5.74) is 2.17. The molecule has 2 saturated heterocycles. The molecule has 1 aromatic carbocycles. The van der Waals surface area contributed by atoms with Crippen LogP contribution in [-0.2, 0) is 0 Å². The molecule has 4 heterocycles. The molecule has 2 aliphatic heterocycles. The number of aromatic nitrogens is 3. The second kappa shape index (κ2) is 8.03. The smallest absolute Gasteiger partial charge is 0.227 e. The second-order valence-corrected chi connectivity index (χ2v) is 8.16. The van der Waals surface area contributed by atoms with Crippen molar-refractivity contribution in [1.82, 2.24) is 15.0 Å². The van der Waals surface area contributed by atoms with Gasteiger partial charge in [-0.1, -0.05) is 11.6 Å². The number of halogens is 1. The van der Waals surface area contributed by atoms with Crippen molar-refractivity contribution in [3.8, 4) is 0 Å². The van der Waals surface area contributed by atoms with Gasteiger partial charge in [0.15, 0.2) is 0 Å². The fourth-order valence-electron chi connectivity index (χ4n) is 4.32. The summed E-state index contributed by atoms with van der Waals surface area (Å²) in [5.74, 6) is 1.91. The maximum Gasteiger partial charge on any atom is 0.227 e. The van der Waals surface area contributed by atoms with Gasteiger partial charge in [-0.25, -0.2) is 4.98 Å². The van der Waals surface area contributed by atoms with Crippen LogP contribution in [0.4, 0.5) is 17.5 Å². The van der Waals surface area contributed by atoms with Gasteiger partial charge in [-0.15, -0.1) is 0 Å². The van der Waals surface area contributed by atoms with Gasteiger partial charge >= 0.3 is 0 Å². The van der Waals surface area contributed by atoms with E-state index in [1.807, 2.05) is 30.6 Å². The molecule has 2 aromatic heterocycles. The second-order valence-electron chi connectivity index (χ2n) is 7.73. The van der Waals surface area contributed by atoms with Gasteiger partial charge in [-0.2, -0.15) is 4.98 Å². The van der Waals surface area contributed by atoms with Crippen LogP contribution in [0.1, 0.15) is 19.3 Å². The SMILES string of the molecule is Clc1ccc2c(N3CCN(c4ccnc(N5CCCCC5)n4)CC3)ccnc2c1. The minimum atomic E-state index is 0.722. The minimum absolute atomic E-state index is 0.722. The number of hydrogen-bond donors (Lipinski definition) is 0. The first-order valence-corrected chi connectivity index (χ1v) is 10.8. The van der Waals surface area contributed by atoms with Gasteiger partial charge in [0.25, 0.3) is 0 Å². The first-order chi connectivity index (χ1) is 14.3. The van der Waals surface area contributed by atoms with E-state index >= 15 is 0 Å². The summed E-state index contributed by atoms with van der Waals surface area (Å²) in [4.78, 5) is 21.0. The molecule has 6 nitrogen and oxygen atoms in total. The highest BCUT2D eigenvalue weighted by Gasteiger charge is 2.21. The number of rotatable bonds is 3. The van der Waals surface area contributed by atoms with Crippen molar-refractivity contribution in [3.63, 3.8) is 0 Å². The van der Waals surface area contributed by atoms with Crippen LogP contribution in [0.3, 0.4) is 0 Å². The van der Waals surface area contributed by atoms with E-state index in [2.05, 4.69) is 36.8 Å². The van der Waals surface area contributed by atoms with E-state index in [1.165, 1.54) is 24.9 Å². The fraction of sp³-hybridized carbons (Fsp3) is 0.409. The first-order valence-electron chi connectivity index (χ1n) is 10.4. The molecule has 150 valence electrons. The number of piperazine rings is 1. The Morgan fingerprint density at radius 3 is 2.31 bits per heavy atom. The van der Waals surface area contributed by atoms with Gasteiger partial charge in [0.05, 0.1) is 5.52 Å². The third-order valence-electron chi connectivity index (χ3n) is 5.89. The predicted octanol–water partition coefficient (Wildman–Crippen LogP) is 4.00. The normalized spacial score (nSPS) is 17.8. The molecule has 7 heteroatoms. The van der Waals surface area contributed by atoms with Crippen molar-refractivity contribution in [2.45, 2.75) is 19.3 Å². The quantitative estimate of drug-likeness (QED) is 0.653. The molecule has 0 spiro atoms. The monoisotopic (exact) mass is 408 g/mol. The molecule has 0 N–H and O–H groups in total. The first kappa shape index (κ1) is 18.4. The maximum absolute atomic E-state index is 6.14. The highest BCUT2D eigenvalue weighted by molar-refractivity contribution is 6.31. The Labute approximate surface area is 176 Å².